The highest BCUT2D eigenvalue weighted by atomic mass is 16.3. The van der Waals surface area contributed by atoms with Crippen molar-refractivity contribution in [3.63, 3.8) is 0 Å². The van der Waals surface area contributed by atoms with Gasteiger partial charge in [-0.25, -0.2) is 0 Å². The molecule has 5 heteroatoms. The van der Waals surface area contributed by atoms with E-state index in [1.54, 1.807) is 30.5 Å². The molecule has 0 radical (unpaired) electrons. The predicted octanol–water partition coefficient (Wildman–Crippen LogP) is 4.13. The van der Waals surface area contributed by atoms with Crippen molar-refractivity contribution in [1.82, 2.24) is 14.9 Å². The summed E-state index contributed by atoms with van der Waals surface area (Å²) >= 11 is 0. The molecule has 1 aromatic carbocycles. The first-order valence-electron chi connectivity index (χ1n) is 9.11. The van der Waals surface area contributed by atoms with Crippen molar-refractivity contribution < 1.29 is 9.90 Å². The lowest BCUT2D eigenvalue weighted by molar-refractivity contribution is 0.0739. The lowest BCUT2D eigenvalue weighted by Gasteiger charge is -2.26. The van der Waals surface area contributed by atoms with Gasteiger partial charge >= 0.3 is 0 Å². The molecule has 1 heterocycles. The number of carbonyl (C=O) groups is 1. The second-order valence-corrected chi connectivity index (χ2v) is 7.48. The number of amides is 1. The Bertz CT molecular complexity index is 757. The van der Waals surface area contributed by atoms with E-state index in [1.165, 1.54) is 0 Å². The van der Waals surface area contributed by atoms with Crippen LogP contribution in [0.5, 0.6) is 5.75 Å². The van der Waals surface area contributed by atoms with Crippen LogP contribution in [-0.2, 0) is 6.42 Å². The zero-order valence-electron chi connectivity index (χ0n) is 16.5. The van der Waals surface area contributed by atoms with E-state index in [-0.39, 0.29) is 29.5 Å². The third-order valence-electron chi connectivity index (χ3n) is 4.78. The molecule has 1 amide bonds. The summed E-state index contributed by atoms with van der Waals surface area (Å²) in [6.45, 7) is 10.2. The smallest absolute Gasteiger partial charge is 0.257 e. The maximum Gasteiger partial charge on any atom is 0.257 e. The molecule has 0 aliphatic heterocycles. The number of likely N-dealkylation sites (N-methyl/N-ethyl adjacent to an activating group) is 1. The summed E-state index contributed by atoms with van der Waals surface area (Å²) in [5.41, 5.74) is 3.08. The Kier molecular flexibility index (Phi) is 6.35. The quantitative estimate of drug-likeness (QED) is 0.846. The average Bonchev–Trinajstić information content (AvgIpc) is 2.61. The van der Waals surface area contributed by atoms with Gasteiger partial charge in [-0.1, -0.05) is 33.8 Å². The molecule has 0 unspecified atom stereocenters. The zero-order valence-corrected chi connectivity index (χ0v) is 16.5. The highest BCUT2D eigenvalue weighted by Crippen LogP contribution is 2.33. The third-order valence-corrected chi connectivity index (χ3v) is 4.78. The fourth-order valence-corrected chi connectivity index (χ4v) is 2.88. The molecule has 0 saturated carbocycles. The molecule has 0 saturated heterocycles. The number of rotatable bonds is 6. The zero-order chi connectivity index (χ0) is 19.4. The second kappa shape index (κ2) is 8.30. The molecular formula is C21H29N3O2. The standard InChI is InChI=1S/C21H29N3O2/c1-13(2)16-10-18(14(3)4)20(25)19(11-16)21(26)24(6)15(5)9-17-12-22-7-8-23-17/h7-8,10-15,25H,9H2,1-6H3/t15-/m0/s1. The molecule has 2 aromatic rings. The van der Waals surface area contributed by atoms with Gasteiger partial charge in [-0.15, -0.1) is 0 Å². The Balaban J connectivity index is 2.32. The molecule has 26 heavy (non-hydrogen) atoms. The van der Waals surface area contributed by atoms with Crippen LogP contribution in [0.3, 0.4) is 0 Å². The number of carbonyl (C=O) groups excluding carboxylic acids is 1. The third kappa shape index (κ3) is 4.40. The van der Waals surface area contributed by atoms with Crippen molar-refractivity contribution >= 4 is 5.91 Å². The monoisotopic (exact) mass is 355 g/mol. The molecule has 5 nitrogen and oxygen atoms in total. The van der Waals surface area contributed by atoms with Crippen LogP contribution >= 0.6 is 0 Å². The number of hydrogen-bond donors (Lipinski definition) is 1. The maximum absolute atomic E-state index is 13.1. The SMILES string of the molecule is CC(C)c1cc(C(=O)N(C)[C@@H](C)Cc2cnccn2)c(O)c(C(C)C)c1. The molecule has 0 fully saturated rings. The molecule has 0 aliphatic rings. The molecular weight excluding hydrogens is 326 g/mol. The van der Waals surface area contributed by atoms with Crippen LogP contribution in [0.15, 0.2) is 30.7 Å². The summed E-state index contributed by atoms with van der Waals surface area (Å²) in [6.07, 6.45) is 5.60. The van der Waals surface area contributed by atoms with Crippen LogP contribution < -0.4 is 0 Å². The second-order valence-electron chi connectivity index (χ2n) is 7.48. The molecule has 0 bridgehead atoms. The van der Waals surface area contributed by atoms with Gasteiger partial charge in [-0.05, 0) is 36.0 Å². The minimum Gasteiger partial charge on any atom is -0.507 e. The van der Waals surface area contributed by atoms with Gasteiger partial charge in [0.2, 0.25) is 0 Å². The van der Waals surface area contributed by atoms with Crippen LogP contribution in [0.2, 0.25) is 0 Å². The Labute approximate surface area is 156 Å². The summed E-state index contributed by atoms with van der Waals surface area (Å²) in [5, 5.41) is 10.7. The summed E-state index contributed by atoms with van der Waals surface area (Å²) < 4.78 is 0. The van der Waals surface area contributed by atoms with Gasteiger partial charge in [-0.2, -0.15) is 0 Å². The fourth-order valence-electron chi connectivity index (χ4n) is 2.88. The molecule has 140 valence electrons. The van der Waals surface area contributed by atoms with Gasteiger partial charge in [0.15, 0.2) is 0 Å². The van der Waals surface area contributed by atoms with Crippen molar-refractivity contribution in [3.8, 4) is 5.75 Å². The van der Waals surface area contributed by atoms with Crippen LogP contribution in [0.4, 0.5) is 0 Å². The van der Waals surface area contributed by atoms with E-state index in [0.717, 1.165) is 16.8 Å². The van der Waals surface area contributed by atoms with Crippen molar-refractivity contribution in [3.05, 3.63) is 53.1 Å². The lowest BCUT2D eigenvalue weighted by atomic mass is 9.91. The Hall–Kier alpha value is -2.43. The van der Waals surface area contributed by atoms with E-state index in [0.29, 0.717) is 12.0 Å². The number of benzene rings is 1. The van der Waals surface area contributed by atoms with Crippen LogP contribution in [-0.4, -0.2) is 39.0 Å². The first-order valence-corrected chi connectivity index (χ1v) is 9.11. The first-order chi connectivity index (χ1) is 12.2. The van der Waals surface area contributed by atoms with Gasteiger partial charge in [0, 0.05) is 38.1 Å². The Morgan fingerprint density at radius 1 is 1.12 bits per heavy atom. The largest absolute Gasteiger partial charge is 0.507 e. The van der Waals surface area contributed by atoms with Crippen LogP contribution in [0, 0.1) is 0 Å². The first kappa shape index (κ1) is 19.9. The molecule has 0 spiro atoms. The van der Waals surface area contributed by atoms with E-state index in [4.69, 9.17) is 0 Å². The number of nitrogens with zero attached hydrogens (tertiary/aromatic N) is 3. The highest BCUT2D eigenvalue weighted by Gasteiger charge is 2.24. The van der Waals surface area contributed by atoms with E-state index in [1.807, 2.05) is 32.9 Å². The van der Waals surface area contributed by atoms with Crippen molar-refractivity contribution in [2.75, 3.05) is 7.05 Å². The van der Waals surface area contributed by atoms with Crippen molar-refractivity contribution in [2.45, 2.75) is 58.9 Å². The topological polar surface area (TPSA) is 66.3 Å². The van der Waals surface area contributed by atoms with Crippen molar-refractivity contribution in [1.29, 1.82) is 0 Å². The number of hydrogen-bond acceptors (Lipinski definition) is 4. The molecule has 2 rings (SSSR count). The summed E-state index contributed by atoms with van der Waals surface area (Å²) in [4.78, 5) is 23.1. The van der Waals surface area contributed by atoms with E-state index in [9.17, 15) is 9.90 Å². The van der Waals surface area contributed by atoms with E-state index >= 15 is 0 Å². The summed E-state index contributed by atoms with van der Waals surface area (Å²) in [5.74, 6) is 0.334. The Morgan fingerprint density at radius 2 is 1.81 bits per heavy atom. The summed E-state index contributed by atoms with van der Waals surface area (Å²) in [7, 11) is 1.76. The van der Waals surface area contributed by atoms with E-state index < -0.39 is 0 Å². The van der Waals surface area contributed by atoms with Gasteiger partial charge in [0.1, 0.15) is 5.75 Å². The van der Waals surface area contributed by atoms with E-state index in [2.05, 4.69) is 23.8 Å². The van der Waals surface area contributed by atoms with Gasteiger partial charge in [-0.3, -0.25) is 14.8 Å². The molecule has 1 atom stereocenters. The molecule has 0 aliphatic carbocycles. The van der Waals surface area contributed by atoms with Crippen molar-refractivity contribution in [2.24, 2.45) is 0 Å². The minimum absolute atomic E-state index is 0.0659. The normalized spacial score (nSPS) is 12.5. The fraction of sp³-hybridized carbons (Fsp3) is 0.476. The highest BCUT2D eigenvalue weighted by molar-refractivity contribution is 5.97. The number of aromatic hydroxyl groups is 1. The van der Waals surface area contributed by atoms with Crippen LogP contribution in [0.25, 0.3) is 0 Å². The minimum atomic E-state index is -0.178. The Morgan fingerprint density at radius 3 is 2.35 bits per heavy atom. The van der Waals surface area contributed by atoms with Crippen LogP contribution in [0.1, 0.15) is 73.6 Å². The maximum atomic E-state index is 13.1. The predicted molar refractivity (Wildman–Crippen MR) is 104 cm³/mol. The molecule has 1 aromatic heterocycles. The number of aromatic nitrogens is 2. The molecule has 1 N–H and O–H groups in total. The average molecular weight is 355 g/mol. The van der Waals surface area contributed by atoms with Gasteiger partial charge in [0.05, 0.1) is 11.3 Å². The van der Waals surface area contributed by atoms with Gasteiger partial charge < -0.3 is 10.0 Å². The number of phenols is 1. The number of phenolic OH excluding ortho intramolecular Hbond substituents is 1. The lowest BCUT2D eigenvalue weighted by Crippen LogP contribution is -2.36. The summed E-state index contributed by atoms with van der Waals surface area (Å²) in [6, 6.07) is 3.76. The van der Waals surface area contributed by atoms with Gasteiger partial charge in [0.25, 0.3) is 5.91 Å².